The summed E-state index contributed by atoms with van der Waals surface area (Å²) in [6, 6.07) is 0.596. The molecule has 0 amide bonds. The van der Waals surface area contributed by atoms with Gasteiger partial charge in [-0.3, -0.25) is 0 Å². The van der Waals surface area contributed by atoms with Crippen LogP contribution in [0, 0.1) is 5.92 Å². The lowest BCUT2D eigenvalue weighted by Crippen LogP contribution is -2.47. The largest absolute Gasteiger partial charge is 0.381 e. The molecule has 1 saturated carbocycles. The van der Waals surface area contributed by atoms with Crippen molar-refractivity contribution in [2.75, 3.05) is 14.1 Å². The van der Waals surface area contributed by atoms with Gasteiger partial charge in [0, 0.05) is 31.8 Å². The maximum absolute atomic E-state index is 5.26. The second-order valence-electron chi connectivity index (χ2n) is 4.47. The zero-order valence-corrected chi connectivity index (χ0v) is 9.73. The molecule has 2 atom stereocenters. The number of fused-ring (bicyclic) bond motifs is 1. The van der Waals surface area contributed by atoms with Gasteiger partial charge in [0.2, 0.25) is 0 Å². The molecule has 2 rings (SSSR count). The van der Waals surface area contributed by atoms with E-state index < -0.39 is 0 Å². The highest BCUT2D eigenvalue weighted by Gasteiger charge is 2.32. The fourth-order valence-electron chi connectivity index (χ4n) is 2.58. The van der Waals surface area contributed by atoms with Crippen LogP contribution in [0.4, 0.5) is 0 Å². The highest BCUT2D eigenvalue weighted by molar-refractivity contribution is 7.80. The Bertz CT molecular complexity index is 270. The molecule has 1 aliphatic heterocycles. The van der Waals surface area contributed by atoms with E-state index in [2.05, 4.69) is 30.4 Å². The van der Waals surface area contributed by atoms with E-state index in [0.717, 1.165) is 4.99 Å². The number of rotatable bonds is 1. The van der Waals surface area contributed by atoms with Crippen molar-refractivity contribution >= 4 is 17.2 Å². The molecule has 2 aliphatic rings. The van der Waals surface area contributed by atoms with Crippen LogP contribution >= 0.6 is 12.2 Å². The third-order valence-electron chi connectivity index (χ3n) is 3.27. The summed E-state index contributed by atoms with van der Waals surface area (Å²) in [6.07, 6.45) is 7.42. The molecule has 0 saturated heterocycles. The van der Waals surface area contributed by atoms with Gasteiger partial charge in [-0.2, -0.15) is 0 Å². The normalized spacial score (nSPS) is 31.6. The van der Waals surface area contributed by atoms with Gasteiger partial charge >= 0.3 is 0 Å². The van der Waals surface area contributed by atoms with Gasteiger partial charge in [-0.15, -0.1) is 0 Å². The Hall–Kier alpha value is -0.570. The number of nitrogens with one attached hydrogen (secondary N) is 1. The Morgan fingerprint density at radius 3 is 2.79 bits per heavy atom. The van der Waals surface area contributed by atoms with Gasteiger partial charge in [0.05, 0.1) is 0 Å². The molecule has 0 aromatic carbocycles. The summed E-state index contributed by atoms with van der Waals surface area (Å²) >= 11 is 5.26. The summed E-state index contributed by atoms with van der Waals surface area (Å²) in [7, 11) is 4.23. The van der Waals surface area contributed by atoms with Crippen LogP contribution in [0.3, 0.4) is 0 Å². The Kier molecular flexibility index (Phi) is 2.77. The first-order chi connectivity index (χ1) is 6.68. The molecular formula is C11H18N2S. The maximum Gasteiger partial charge on any atom is 0.101 e. The van der Waals surface area contributed by atoms with Crippen LogP contribution in [0.25, 0.3) is 0 Å². The molecule has 2 nitrogen and oxygen atoms in total. The lowest BCUT2D eigenvalue weighted by molar-refractivity contribution is 0.272. The van der Waals surface area contributed by atoms with Crippen molar-refractivity contribution in [2.45, 2.75) is 31.7 Å². The molecule has 3 heteroatoms. The van der Waals surface area contributed by atoms with Crippen LogP contribution in [0.5, 0.6) is 0 Å². The van der Waals surface area contributed by atoms with Gasteiger partial charge in [0.1, 0.15) is 4.99 Å². The number of hydrogen-bond acceptors (Lipinski definition) is 2. The fourth-order valence-corrected chi connectivity index (χ4v) is 2.86. The van der Waals surface area contributed by atoms with Gasteiger partial charge in [-0.05, 0) is 18.9 Å². The SMILES string of the molecule is CN(C)C1=CC(=S)N[C@@H]2CCCC[C@H]12. The van der Waals surface area contributed by atoms with Gasteiger partial charge in [0.15, 0.2) is 0 Å². The smallest absolute Gasteiger partial charge is 0.101 e. The highest BCUT2D eigenvalue weighted by Crippen LogP contribution is 2.33. The molecule has 78 valence electrons. The molecule has 0 bridgehead atoms. The summed E-state index contributed by atoms with van der Waals surface area (Å²) in [5, 5.41) is 3.43. The molecule has 1 fully saturated rings. The van der Waals surface area contributed by atoms with Crippen molar-refractivity contribution < 1.29 is 0 Å². The lowest BCUT2D eigenvalue weighted by atomic mass is 9.80. The minimum atomic E-state index is 0.596. The van der Waals surface area contributed by atoms with E-state index in [0.29, 0.717) is 12.0 Å². The Balaban J connectivity index is 2.23. The van der Waals surface area contributed by atoms with E-state index in [9.17, 15) is 0 Å². The quantitative estimate of drug-likeness (QED) is 0.666. The first-order valence-corrected chi connectivity index (χ1v) is 5.78. The average Bonchev–Trinajstić information content (AvgIpc) is 2.16. The van der Waals surface area contributed by atoms with Gasteiger partial charge in [-0.25, -0.2) is 0 Å². The van der Waals surface area contributed by atoms with E-state index in [4.69, 9.17) is 12.2 Å². The zero-order valence-electron chi connectivity index (χ0n) is 8.92. The summed E-state index contributed by atoms with van der Waals surface area (Å²) in [5.41, 5.74) is 1.42. The summed E-state index contributed by atoms with van der Waals surface area (Å²) in [4.78, 5) is 3.13. The first-order valence-electron chi connectivity index (χ1n) is 5.38. The number of thiocarbonyl (C=S) groups is 1. The second-order valence-corrected chi connectivity index (χ2v) is 4.91. The molecule has 1 heterocycles. The highest BCUT2D eigenvalue weighted by atomic mass is 32.1. The van der Waals surface area contributed by atoms with E-state index in [1.54, 1.807) is 0 Å². The molecule has 1 aliphatic carbocycles. The minimum Gasteiger partial charge on any atom is -0.381 e. The molecular weight excluding hydrogens is 192 g/mol. The van der Waals surface area contributed by atoms with Crippen molar-refractivity contribution in [3.63, 3.8) is 0 Å². The first kappa shape index (κ1) is 9.97. The summed E-state index contributed by atoms with van der Waals surface area (Å²) in [5.74, 6) is 0.686. The average molecular weight is 210 g/mol. The molecule has 0 unspecified atom stereocenters. The molecule has 14 heavy (non-hydrogen) atoms. The van der Waals surface area contributed by atoms with Crippen LogP contribution in [-0.4, -0.2) is 30.0 Å². The molecule has 1 N–H and O–H groups in total. The molecule has 0 aromatic heterocycles. The zero-order chi connectivity index (χ0) is 10.1. The fraction of sp³-hybridized carbons (Fsp3) is 0.727. The number of hydrogen-bond donors (Lipinski definition) is 1. The van der Waals surface area contributed by atoms with Crippen LogP contribution in [0.2, 0.25) is 0 Å². The van der Waals surface area contributed by atoms with E-state index in [-0.39, 0.29) is 0 Å². The van der Waals surface area contributed by atoms with Gasteiger partial charge < -0.3 is 10.2 Å². The van der Waals surface area contributed by atoms with Gasteiger partial charge in [0.25, 0.3) is 0 Å². The van der Waals surface area contributed by atoms with Crippen molar-refractivity contribution in [3.05, 3.63) is 11.8 Å². The summed E-state index contributed by atoms with van der Waals surface area (Å²) < 4.78 is 0. The second kappa shape index (κ2) is 3.89. The van der Waals surface area contributed by atoms with E-state index in [1.807, 2.05) is 0 Å². The van der Waals surface area contributed by atoms with Crippen molar-refractivity contribution in [3.8, 4) is 0 Å². The van der Waals surface area contributed by atoms with Crippen LogP contribution in [0.15, 0.2) is 11.8 Å². The van der Waals surface area contributed by atoms with Crippen LogP contribution in [0.1, 0.15) is 25.7 Å². The minimum absolute atomic E-state index is 0.596. The topological polar surface area (TPSA) is 15.3 Å². The van der Waals surface area contributed by atoms with Crippen molar-refractivity contribution in [1.82, 2.24) is 10.2 Å². The molecule has 0 spiro atoms. The van der Waals surface area contributed by atoms with Gasteiger partial charge in [-0.1, -0.05) is 25.1 Å². The standard InChI is InChI=1S/C11H18N2S/c1-13(2)10-7-11(14)12-9-6-4-3-5-8(9)10/h7-9H,3-6H2,1-2H3,(H,12,14)/t8-,9+/m0/s1. The summed E-state index contributed by atoms with van der Waals surface area (Å²) in [6.45, 7) is 0. The molecule has 0 aromatic rings. The monoisotopic (exact) mass is 210 g/mol. The van der Waals surface area contributed by atoms with Crippen LogP contribution in [-0.2, 0) is 0 Å². The van der Waals surface area contributed by atoms with E-state index >= 15 is 0 Å². The predicted octanol–water partition coefficient (Wildman–Crippen LogP) is 1.92. The van der Waals surface area contributed by atoms with E-state index in [1.165, 1.54) is 31.4 Å². The molecule has 0 radical (unpaired) electrons. The lowest BCUT2D eigenvalue weighted by Gasteiger charge is -2.40. The maximum atomic E-state index is 5.26. The Labute approximate surface area is 91.4 Å². The van der Waals surface area contributed by atoms with Crippen LogP contribution < -0.4 is 5.32 Å². The number of nitrogens with zero attached hydrogens (tertiary/aromatic N) is 1. The van der Waals surface area contributed by atoms with Crippen molar-refractivity contribution in [1.29, 1.82) is 0 Å². The third-order valence-corrected chi connectivity index (χ3v) is 3.50. The predicted molar refractivity (Wildman–Crippen MR) is 63.2 cm³/mol. The Morgan fingerprint density at radius 2 is 2.07 bits per heavy atom. The van der Waals surface area contributed by atoms with Crippen molar-refractivity contribution in [2.24, 2.45) is 5.92 Å². The Morgan fingerprint density at radius 1 is 1.36 bits per heavy atom. The third kappa shape index (κ3) is 1.78.